The maximum absolute atomic E-state index is 13.6. The van der Waals surface area contributed by atoms with Gasteiger partial charge in [-0.1, -0.05) is 42.5 Å². The molecule has 2 aromatic carbocycles. The molecule has 4 rings (SSSR count). The van der Waals surface area contributed by atoms with Crippen LogP contribution in [0, 0.1) is 5.82 Å². The number of esters is 1. The molecule has 0 aliphatic heterocycles. The van der Waals surface area contributed by atoms with Gasteiger partial charge in [0, 0.05) is 11.6 Å². The van der Waals surface area contributed by atoms with Crippen LogP contribution in [0.25, 0.3) is 23.2 Å². The van der Waals surface area contributed by atoms with E-state index in [2.05, 4.69) is 15.5 Å². The molecule has 0 amide bonds. The van der Waals surface area contributed by atoms with Crippen LogP contribution >= 0.6 is 0 Å². The van der Waals surface area contributed by atoms with Gasteiger partial charge in [0.15, 0.2) is 23.1 Å². The minimum absolute atomic E-state index is 0.0259. The van der Waals surface area contributed by atoms with Gasteiger partial charge in [0.25, 0.3) is 0 Å². The molecule has 0 radical (unpaired) electrons. The van der Waals surface area contributed by atoms with Crippen molar-refractivity contribution in [3.63, 3.8) is 0 Å². The summed E-state index contributed by atoms with van der Waals surface area (Å²) in [5.74, 6) is -0.329. The summed E-state index contributed by atoms with van der Waals surface area (Å²) in [5, 5.41) is 11.7. The quantitative estimate of drug-likeness (QED) is 0.244. The second-order valence-electron chi connectivity index (χ2n) is 6.24. The van der Waals surface area contributed by atoms with E-state index >= 15 is 0 Å². The molecule has 0 atom stereocenters. The fourth-order valence-corrected chi connectivity index (χ4v) is 2.75. The Labute approximate surface area is 176 Å². The number of carbonyl (C=O) groups excluding carboxylic acids is 1. The molecule has 0 bridgehead atoms. The average molecular weight is 420 g/mol. The number of hydrogen-bond donors (Lipinski definition) is 0. The second kappa shape index (κ2) is 9.49. The number of benzene rings is 2. The number of halogens is 1. The van der Waals surface area contributed by atoms with E-state index < -0.39 is 11.8 Å². The van der Waals surface area contributed by atoms with Crippen molar-refractivity contribution in [1.29, 1.82) is 0 Å². The van der Waals surface area contributed by atoms with Crippen molar-refractivity contribution in [1.82, 2.24) is 20.2 Å². The number of aromatic nitrogens is 4. The highest BCUT2D eigenvalue weighted by molar-refractivity contribution is 6.15. The van der Waals surface area contributed by atoms with Gasteiger partial charge in [0.2, 0.25) is 0 Å². The van der Waals surface area contributed by atoms with E-state index in [1.54, 1.807) is 24.3 Å². The van der Waals surface area contributed by atoms with E-state index in [9.17, 15) is 9.18 Å². The molecule has 0 unspecified atom stereocenters. The number of para-hydroxylation sites is 1. The van der Waals surface area contributed by atoms with E-state index in [0.29, 0.717) is 17.1 Å². The molecule has 156 valence electrons. The van der Waals surface area contributed by atoms with Crippen molar-refractivity contribution in [2.45, 2.75) is 0 Å². The molecule has 9 heteroatoms. The monoisotopic (exact) mass is 420 g/mol. The first-order valence-electron chi connectivity index (χ1n) is 9.36. The number of tetrazole rings is 1. The number of furan rings is 1. The third kappa shape index (κ3) is 4.84. The van der Waals surface area contributed by atoms with Crippen molar-refractivity contribution < 1.29 is 23.1 Å². The van der Waals surface area contributed by atoms with Crippen LogP contribution in [0.2, 0.25) is 0 Å². The summed E-state index contributed by atoms with van der Waals surface area (Å²) in [4.78, 5) is 12.9. The van der Waals surface area contributed by atoms with Crippen molar-refractivity contribution in [3.8, 4) is 17.1 Å². The minimum Gasteiger partial charge on any atom is -0.487 e. The van der Waals surface area contributed by atoms with Crippen LogP contribution in [-0.2, 0) is 9.53 Å². The Morgan fingerprint density at radius 2 is 1.84 bits per heavy atom. The SMILES string of the molecule is O=C(OCCOc1ccccc1F)/C(=C/c1ccco1)n1nnnc1-c1ccccc1. The van der Waals surface area contributed by atoms with E-state index in [0.717, 1.165) is 0 Å². The lowest BCUT2D eigenvalue weighted by molar-refractivity contribution is -0.137. The van der Waals surface area contributed by atoms with Crippen LogP contribution < -0.4 is 4.74 Å². The summed E-state index contributed by atoms with van der Waals surface area (Å²) in [5.41, 5.74) is 0.762. The van der Waals surface area contributed by atoms with Gasteiger partial charge in [-0.25, -0.2) is 9.18 Å². The fourth-order valence-electron chi connectivity index (χ4n) is 2.75. The topological polar surface area (TPSA) is 92.3 Å². The normalized spacial score (nSPS) is 11.3. The molecule has 31 heavy (non-hydrogen) atoms. The fraction of sp³-hybridized carbons (Fsp3) is 0.0909. The van der Waals surface area contributed by atoms with E-state index in [4.69, 9.17) is 13.9 Å². The van der Waals surface area contributed by atoms with Crippen molar-refractivity contribution in [2.75, 3.05) is 13.2 Å². The number of ether oxygens (including phenoxy) is 2. The highest BCUT2D eigenvalue weighted by Crippen LogP contribution is 2.21. The molecule has 8 nitrogen and oxygen atoms in total. The Hall–Kier alpha value is -4.27. The lowest BCUT2D eigenvalue weighted by atomic mass is 10.2. The molecule has 0 aliphatic carbocycles. The van der Waals surface area contributed by atoms with Gasteiger partial charge >= 0.3 is 5.97 Å². The van der Waals surface area contributed by atoms with Crippen molar-refractivity contribution in [2.24, 2.45) is 0 Å². The van der Waals surface area contributed by atoms with Crippen molar-refractivity contribution in [3.05, 3.63) is 84.6 Å². The van der Waals surface area contributed by atoms with E-state index in [-0.39, 0.29) is 24.7 Å². The average Bonchev–Trinajstić information content (AvgIpc) is 3.48. The molecule has 0 saturated heterocycles. The highest BCUT2D eigenvalue weighted by atomic mass is 19.1. The maximum Gasteiger partial charge on any atom is 0.357 e. The molecule has 0 aliphatic rings. The molecule has 4 aromatic rings. The molecule has 2 heterocycles. The Balaban J connectivity index is 1.52. The first-order chi connectivity index (χ1) is 15.2. The zero-order valence-corrected chi connectivity index (χ0v) is 16.2. The Morgan fingerprint density at radius 3 is 2.61 bits per heavy atom. The van der Waals surface area contributed by atoms with Gasteiger partial charge in [-0.05, 0) is 34.7 Å². The predicted molar refractivity (Wildman–Crippen MR) is 109 cm³/mol. The number of rotatable bonds is 8. The largest absolute Gasteiger partial charge is 0.487 e. The zero-order chi connectivity index (χ0) is 21.5. The van der Waals surface area contributed by atoms with Crippen molar-refractivity contribution >= 4 is 17.7 Å². The van der Waals surface area contributed by atoms with Crippen LogP contribution in [0.5, 0.6) is 5.75 Å². The number of carbonyl (C=O) groups is 1. The van der Waals surface area contributed by atoms with E-state index in [1.807, 2.05) is 30.3 Å². The Kier molecular flexibility index (Phi) is 6.13. The van der Waals surface area contributed by atoms with E-state index in [1.165, 1.54) is 29.2 Å². The second-order valence-corrected chi connectivity index (χ2v) is 6.24. The standard InChI is InChI=1S/C22H17FN4O4/c23-18-10-4-5-11-20(18)30-13-14-31-22(28)19(15-17-9-6-12-29-17)27-21(24-25-26-27)16-7-2-1-3-8-16/h1-12,15H,13-14H2/b19-15-. The predicted octanol–water partition coefficient (Wildman–Crippen LogP) is 3.69. The van der Waals surface area contributed by atoms with Crippen LogP contribution in [0.3, 0.4) is 0 Å². The number of nitrogens with zero attached hydrogens (tertiary/aromatic N) is 4. The maximum atomic E-state index is 13.6. The molecular weight excluding hydrogens is 403 g/mol. The lowest BCUT2D eigenvalue weighted by Gasteiger charge is -2.11. The van der Waals surface area contributed by atoms with Crippen LogP contribution in [-0.4, -0.2) is 39.4 Å². The third-order valence-corrected chi connectivity index (χ3v) is 4.17. The molecule has 0 N–H and O–H groups in total. The minimum atomic E-state index is -0.696. The summed E-state index contributed by atoms with van der Waals surface area (Å²) in [7, 11) is 0. The van der Waals surface area contributed by atoms with Crippen LogP contribution in [0.15, 0.2) is 77.4 Å². The van der Waals surface area contributed by atoms with Gasteiger partial charge < -0.3 is 13.9 Å². The van der Waals surface area contributed by atoms with Crippen LogP contribution in [0.1, 0.15) is 5.76 Å². The zero-order valence-electron chi connectivity index (χ0n) is 16.2. The lowest BCUT2D eigenvalue weighted by Crippen LogP contribution is -2.18. The summed E-state index contributed by atoms with van der Waals surface area (Å²) >= 11 is 0. The van der Waals surface area contributed by atoms with Gasteiger partial charge in [-0.15, -0.1) is 5.10 Å². The Bertz CT molecular complexity index is 1170. The van der Waals surface area contributed by atoms with Crippen LogP contribution in [0.4, 0.5) is 4.39 Å². The highest BCUT2D eigenvalue weighted by Gasteiger charge is 2.21. The molecular formula is C22H17FN4O4. The molecule has 0 fully saturated rings. The van der Waals surface area contributed by atoms with Gasteiger partial charge in [0.05, 0.1) is 6.26 Å². The summed E-state index contributed by atoms with van der Waals surface area (Å²) in [6.07, 6.45) is 2.96. The summed E-state index contributed by atoms with van der Waals surface area (Å²) in [6.45, 7) is -0.132. The smallest absolute Gasteiger partial charge is 0.357 e. The third-order valence-electron chi connectivity index (χ3n) is 4.17. The molecule has 0 spiro atoms. The summed E-state index contributed by atoms with van der Waals surface area (Å²) in [6, 6.07) is 18.5. The number of hydrogen-bond acceptors (Lipinski definition) is 7. The molecule has 2 aromatic heterocycles. The Morgan fingerprint density at radius 1 is 1.03 bits per heavy atom. The van der Waals surface area contributed by atoms with Gasteiger partial charge in [-0.3, -0.25) is 0 Å². The summed E-state index contributed by atoms with van der Waals surface area (Å²) < 4.78 is 30.9. The first-order valence-corrected chi connectivity index (χ1v) is 9.36. The first kappa shape index (κ1) is 20.0. The molecule has 0 saturated carbocycles. The van der Waals surface area contributed by atoms with Gasteiger partial charge in [-0.2, -0.15) is 4.68 Å². The van der Waals surface area contributed by atoms with Gasteiger partial charge in [0.1, 0.15) is 19.0 Å².